The van der Waals surface area contributed by atoms with Crippen LogP contribution in [-0.2, 0) is 24.4 Å². The van der Waals surface area contributed by atoms with E-state index in [4.69, 9.17) is 4.74 Å². The van der Waals surface area contributed by atoms with Crippen LogP contribution in [0.2, 0.25) is 0 Å². The largest absolute Gasteiger partial charge is 0.379 e. The third-order valence-corrected chi connectivity index (χ3v) is 6.80. The van der Waals surface area contributed by atoms with E-state index in [0.29, 0.717) is 12.1 Å². The van der Waals surface area contributed by atoms with Crippen LogP contribution in [-0.4, -0.2) is 67.7 Å². The molecule has 2 heterocycles. The van der Waals surface area contributed by atoms with Crippen LogP contribution in [0.15, 0.2) is 59.6 Å². The van der Waals surface area contributed by atoms with Crippen LogP contribution in [0.25, 0.3) is 0 Å². The highest BCUT2D eigenvalue weighted by Gasteiger charge is 2.26. The quantitative estimate of drug-likeness (QED) is 0.298. The highest BCUT2D eigenvalue weighted by Crippen LogP contribution is 2.20. The minimum Gasteiger partial charge on any atom is -0.379 e. The normalized spacial score (nSPS) is 22.1. The molecule has 34 heavy (non-hydrogen) atoms. The van der Waals surface area contributed by atoms with E-state index < -0.39 is 0 Å². The van der Waals surface area contributed by atoms with Crippen LogP contribution in [0.3, 0.4) is 0 Å². The molecular formula is C27H40IN5O. The molecule has 7 heteroatoms. The molecule has 2 saturated heterocycles. The average Bonchev–Trinajstić information content (AvgIpc) is 2.85. The summed E-state index contributed by atoms with van der Waals surface area (Å²) in [5.74, 6) is 0.890. The number of piperidine rings is 1. The molecule has 0 radical (unpaired) electrons. The van der Waals surface area contributed by atoms with Gasteiger partial charge >= 0.3 is 0 Å². The molecule has 2 atom stereocenters. The minimum absolute atomic E-state index is 0. The fourth-order valence-electron chi connectivity index (χ4n) is 4.76. The number of nitrogens with one attached hydrogen (secondary N) is 2. The molecule has 0 aliphatic carbocycles. The summed E-state index contributed by atoms with van der Waals surface area (Å²) in [7, 11) is 1.86. The lowest BCUT2D eigenvalue weighted by Gasteiger charge is -2.38. The number of guanidine groups is 1. The van der Waals surface area contributed by atoms with Crippen molar-refractivity contribution in [1.29, 1.82) is 0 Å². The first kappa shape index (κ1) is 26.9. The third kappa shape index (κ3) is 8.22. The molecular weight excluding hydrogens is 537 g/mol. The Morgan fingerprint density at radius 2 is 1.62 bits per heavy atom. The summed E-state index contributed by atoms with van der Waals surface area (Å²) in [5, 5.41) is 7.15. The number of morpholine rings is 1. The first-order valence-corrected chi connectivity index (χ1v) is 12.3. The molecule has 2 aromatic carbocycles. The lowest BCUT2D eigenvalue weighted by atomic mass is 9.97. The standard InChI is InChI=1S/C27H39N5O.HI/c1-22-18-26(12-13-32(22)21-24-6-4-3-5-7-24)30-27(28-2)29-19-23-8-10-25(11-9-23)20-31-14-16-33-17-15-31;/h3-11,22,26H,12-21H2,1-2H3,(H2,28,29,30);1H. The lowest BCUT2D eigenvalue weighted by molar-refractivity contribution is 0.0342. The predicted molar refractivity (Wildman–Crippen MR) is 151 cm³/mol. The fraction of sp³-hybridized carbons (Fsp3) is 0.519. The third-order valence-electron chi connectivity index (χ3n) is 6.80. The van der Waals surface area contributed by atoms with E-state index in [1.165, 1.54) is 16.7 Å². The molecule has 0 saturated carbocycles. The zero-order chi connectivity index (χ0) is 22.9. The maximum absolute atomic E-state index is 5.44. The van der Waals surface area contributed by atoms with Gasteiger partial charge in [0.05, 0.1) is 13.2 Å². The van der Waals surface area contributed by atoms with Crippen molar-refractivity contribution in [2.45, 2.75) is 51.5 Å². The Bertz CT molecular complexity index is 870. The van der Waals surface area contributed by atoms with Gasteiger partial charge in [0.15, 0.2) is 5.96 Å². The Morgan fingerprint density at radius 1 is 0.941 bits per heavy atom. The highest BCUT2D eigenvalue weighted by molar-refractivity contribution is 14.0. The SMILES string of the molecule is CN=C(NCc1ccc(CN2CCOCC2)cc1)NC1CCN(Cc2ccccc2)C(C)C1.I. The average molecular weight is 578 g/mol. The van der Waals surface area contributed by atoms with E-state index >= 15 is 0 Å². The molecule has 0 aromatic heterocycles. The molecule has 0 bridgehead atoms. The van der Waals surface area contributed by atoms with Crippen molar-refractivity contribution in [3.63, 3.8) is 0 Å². The Morgan fingerprint density at radius 3 is 2.29 bits per heavy atom. The second-order valence-corrected chi connectivity index (χ2v) is 9.30. The maximum Gasteiger partial charge on any atom is 0.191 e. The smallest absolute Gasteiger partial charge is 0.191 e. The van der Waals surface area contributed by atoms with Crippen LogP contribution in [0.4, 0.5) is 0 Å². The molecule has 2 aliphatic heterocycles. The topological polar surface area (TPSA) is 52.1 Å². The van der Waals surface area contributed by atoms with Crippen LogP contribution < -0.4 is 10.6 Å². The molecule has 6 nitrogen and oxygen atoms in total. The van der Waals surface area contributed by atoms with Crippen molar-refractivity contribution in [3.05, 3.63) is 71.3 Å². The summed E-state index contributed by atoms with van der Waals surface area (Å²) in [6.45, 7) is 9.99. The number of benzene rings is 2. The predicted octanol–water partition coefficient (Wildman–Crippen LogP) is 3.85. The second-order valence-electron chi connectivity index (χ2n) is 9.30. The van der Waals surface area contributed by atoms with Crippen LogP contribution in [0, 0.1) is 0 Å². The molecule has 2 N–H and O–H groups in total. The van der Waals surface area contributed by atoms with Gasteiger partial charge < -0.3 is 15.4 Å². The van der Waals surface area contributed by atoms with Gasteiger partial charge in [0.1, 0.15) is 0 Å². The van der Waals surface area contributed by atoms with Crippen LogP contribution >= 0.6 is 24.0 Å². The number of nitrogens with zero attached hydrogens (tertiary/aromatic N) is 3. The van der Waals surface area contributed by atoms with E-state index in [1.54, 1.807) is 0 Å². The molecule has 0 amide bonds. The molecule has 0 spiro atoms. The van der Waals surface area contributed by atoms with Crippen molar-refractivity contribution in [2.75, 3.05) is 39.9 Å². The minimum atomic E-state index is 0. The molecule has 2 aromatic rings. The van der Waals surface area contributed by atoms with Crippen molar-refractivity contribution >= 4 is 29.9 Å². The summed E-state index contributed by atoms with van der Waals surface area (Å²) in [4.78, 5) is 9.50. The molecule has 4 rings (SSSR count). The van der Waals surface area contributed by atoms with Gasteiger partial charge in [-0.15, -0.1) is 24.0 Å². The summed E-state index contributed by atoms with van der Waals surface area (Å²) in [5.41, 5.74) is 4.03. The van der Waals surface area contributed by atoms with Crippen LogP contribution in [0.5, 0.6) is 0 Å². The summed E-state index contributed by atoms with van der Waals surface area (Å²) in [6.07, 6.45) is 2.26. The number of likely N-dealkylation sites (tertiary alicyclic amines) is 1. The monoisotopic (exact) mass is 577 g/mol. The first-order valence-electron chi connectivity index (χ1n) is 12.3. The van der Waals surface area contributed by atoms with E-state index in [2.05, 4.69) is 86.9 Å². The zero-order valence-corrected chi connectivity index (χ0v) is 22.9. The van der Waals surface area contributed by atoms with Gasteiger partial charge in [-0.3, -0.25) is 14.8 Å². The summed E-state index contributed by atoms with van der Waals surface area (Å²) in [6, 6.07) is 20.7. The van der Waals surface area contributed by atoms with Gasteiger partial charge in [0, 0.05) is 58.4 Å². The number of hydrogen-bond acceptors (Lipinski definition) is 4. The van der Waals surface area contributed by atoms with E-state index in [1.807, 2.05) is 7.05 Å². The van der Waals surface area contributed by atoms with Crippen molar-refractivity contribution in [1.82, 2.24) is 20.4 Å². The second kappa shape index (κ2) is 14.0. The zero-order valence-electron chi connectivity index (χ0n) is 20.6. The number of aliphatic imine (C=N–C) groups is 1. The number of ether oxygens (including phenoxy) is 1. The summed E-state index contributed by atoms with van der Waals surface area (Å²) >= 11 is 0. The Balaban J connectivity index is 0.00000324. The van der Waals surface area contributed by atoms with Gasteiger partial charge in [0.2, 0.25) is 0 Å². The van der Waals surface area contributed by atoms with Crippen molar-refractivity contribution in [2.24, 2.45) is 4.99 Å². The highest BCUT2D eigenvalue weighted by atomic mass is 127. The van der Waals surface area contributed by atoms with E-state index in [9.17, 15) is 0 Å². The fourth-order valence-corrected chi connectivity index (χ4v) is 4.76. The van der Waals surface area contributed by atoms with Crippen LogP contribution in [0.1, 0.15) is 36.5 Å². The van der Waals surface area contributed by atoms with Crippen molar-refractivity contribution < 1.29 is 4.74 Å². The van der Waals surface area contributed by atoms with Gasteiger partial charge in [0.25, 0.3) is 0 Å². The van der Waals surface area contributed by atoms with Gasteiger partial charge in [-0.2, -0.15) is 0 Å². The Labute approximate surface area is 222 Å². The number of halogens is 1. The van der Waals surface area contributed by atoms with Crippen molar-refractivity contribution in [3.8, 4) is 0 Å². The summed E-state index contributed by atoms with van der Waals surface area (Å²) < 4.78 is 5.44. The van der Waals surface area contributed by atoms with Gasteiger partial charge in [-0.25, -0.2) is 0 Å². The molecule has 2 unspecified atom stereocenters. The number of hydrogen-bond donors (Lipinski definition) is 2. The molecule has 2 aliphatic rings. The van der Waals surface area contributed by atoms with E-state index in [0.717, 1.165) is 71.3 Å². The number of rotatable bonds is 7. The van der Waals surface area contributed by atoms with E-state index in [-0.39, 0.29) is 24.0 Å². The Hall–Kier alpha value is -1.68. The lowest BCUT2D eigenvalue weighted by Crippen LogP contribution is -2.51. The van der Waals surface area contributed by atoms with Gasteiger partial charge in [-0.05, 0) is 36.5 Å². The van der Waals surface area contributed by atoms with Gasteiger partial charge in [-0.1, -0.05) is 54.6 Å². The first-order chi connectivity index (χ1) is 16.2. The molecule has 186 valence electrons. The molecule has 2 fully saturated rings. The Kier molecular flexibility index (Phi) is 11.1. The maximum atomic E-state index is 5.44.